The lowest BCUT2D eigenvalue weighted by Crippen LogP contribution is -2.35. The molecule has 1 atom stereocenters. The van der Waals surface area contributed by atoms with E-state index in [9.17, 15) is 9.59 Å². The predicted octanol–water partition coefficient (Wildman–Crippen LogP) is 1.33. The van der Waals surface area contributed by atoms with E-state index in [0.29, 0.717) is 12.1 Å². The minimum absolute atomic E-state index is 0.0190. The topological polar surface area (TPSA) is 68.3 Å². The van der Waals surface area contributed by atoms with E-state index in [1.165, 1.54) is 13.3 Å². The first-order chi connectivity index (χ1) is 9.70. The quantitative estimate of drug-likeness (QED) is 0.846. The second-order valence-corrected chi connectivity index (χ2v) is 6.69. The van der Waals surface area contributed by atoms with Crippen molar-refractivity contribution in [1.82, 2.24) is 10.3 Å². The van der Waals surface area contributed by atoms with E-state index in [1.54, 1.807) is 24.0 Å². The number of hydrogen-bond donors (Lipinski definition) is 1. The first-order valence-corrected chi connectivity index (χ1v) is 8.40. The number of rotatable bonds is 4. The highest BCUT2D eigenvalue weighted by Gasteiger charge is 2.21. The van der Waals surface area contributed by atoms with Crippen molar-refractivity contribution in [3.8, 4) is 0 Å². The first-order valence-electron chi connectivity index (χ1n) is 6.20. The van der Waals surface area contributed by atoms with E-state index >= 15 is 0 Å². The summed E-state index contributed by atoms with van der Waals surface area (Å²) in [7, 11) is 1.33. The summed E-state index contributed by atoms with van der Waals surface area (Å²) in [6, 6.07) is 1.68. The van der Waals surface area contributed by atoms with Crippen molar-refractivity contribution >= 4 is 35.4 Å². The van der Waals surface area contributed by atoms with E-state index in [2.05, 4.69) is 15.0 Å². The number of esters is 1. The number of methoxy groups -OCH3 is 1. The Bertz CT molecular complexity index is 490. The van der Waals surface area contributed by atoms with Crippen LogP contribution < -0.4 is 5.32 Å². The van der Waals surface area contributed by atoms with Gasteiger partial charge in [0.2, 0.25) is 5.91 Å². The molecule has 1 unspecified atom stereocenters. The van der Waals surface area contributed by atoms with Crippen LogP contribution in [0, 0.1) is 0 Å². The fourth-order valence-electron chi connectivity index (χ4n) is 1.76. The van der Waals surface area contributed by atoms with Gasteiger partial charge in [0.15, 0.2) is 0 Å². The molecule has 1 aromatic rings. The fourth-order valence-corrected chi connectivity index (χ4v) is 4.34. The van der Waals surface area contributed by atoms with Crippen molar-refractivity contribution < 1.29 is 14.3 Å². The Labute approximate surface area is 126 Å². The minimum atomic E-state index is -0.426. The zero-order chi connectivity index (χ0) is 14.4. The third-order valence-electron chi connectivity index (χ3n) is 2.79. The molecule has 1 aromatic heterocycles. The number of thioether (sulfide) groups is 2. The van der Waals surface area contributed by atoms with Crippen molar-refractivity contribution in [2.75, 3.05) is 24.4 Å². The summed E-state index contributed by atoms with van der Waals surface area (Å²) in [6.45, 7) is 0.373. The molecular weight excluding hydrogens is 296 g/mol. The number of nitrogens with zero attached hydrogens (tertiary/aromatic N) is 1. The van der Waals surface area contributed by atoms with Gasteiger partial charge in [0.25, 0.3) is 0 Å². The number of nitrogens with one attached hydrogen (secondary N) is 1. The second-order valence-electron chi connectivity index (χ2n) is 4.23. The normalized spacial score (nSPS) is 18.4. The van der Waals surface area contributed by atoms with Gasteiger partial charge in [-0.3, -0.25) is 9.78 Å². The van der Waals surface area contributed by atoms with Crippen molar-refractivity contribution in [2.45, 2.75) is 11.8 Å². The van der Waals surface area contributed by atoms with Gasteiger partial charge in [0.05, 0.1) is 17.9 Å². The Morgan fingerprint density at radius 1 is 1.45 bits per heavy atom. The Balaban J connectivity index is 1.90. The van der Waals surface area contributed by atoms with Gasteiger partial charge in [-0.1, -0.05) is 0 Å². The Kier molecular flexibility index (Phi) is 5.72. The number of carbonyl (C=O) groups excluding carboxylic acids is 2. The van der Waals surface area contributed by atoms with E-state index in [-0.39, 0.29) is 11.2 Å². The van der Waals surface area contributed by atoms with Gasteiger partial charge in [-0.2, -0.15) is 11.8 Å². The van der Waals surface area contributed by atoms with Crippen LogP contribution in [0.2, 0.25) is 0 Å². The summed E-state index contributed by atoms with van der Waals surface area (Å²) in [5, 5.41) is 2.91. The molecule has 1 aliphatic rings. The minimum Gasteiger partial charge on any atom is -0.465 e. The predicted molar refractivity (Wildman–Crippen MR) is 81.0 cm³/mol. The van der Waals surface area contributed by atoms with Crippen molar-refractivity contribution in [2.24, 2.45) is 0 Å². The molecule has 0 spiro atoms. The molecule has 1 amide bonds. The Hall–Kier alpha value is -1.21. The SMILES string of the molecule is COC(=O)c1cncc(CNC(=O)C2CSCCS2)c1. The molecule has 0 aromatic carbocycles. The molecule has 2 rings (SSSR count). The number of aromatic nitrogens is 1. The van der Waals surface area contributed by atoms with Crippen LogP contribution in [0.1, 0.15) is 15.9 Å². The number of hydrogen-bond acceptors (Lipinski definition) is 6. The van der Waals surface area contributed by atoms with Crippen LogP contribution >= 0.6 is 23.5 Å². The van der Waals surface area contributed by atoms with Crippen LogP contribution in [0.5, 0.6) is 0 Å². The standard InChI is InChI=1S/C13H16N2O3S2/c1-18-13(17)10-4-9(5-14-7-10)6-15-12(16)11-8-19-2-3-20-11/h4-5,7,11H,2-3,6,8H2,1H3,(H,15,16). The van der Waals surface area contributed by atoms with Crippen LogP contribution in [-0.2, 0) is 16.1 Å². The zero-order valence-corrected chi connectivity index (χ0v) is 12.8. The van der Waals surface area contributed by atoms with Crippen molar-refractivity contribution in [3.05, 3.63) is 29.6 Å². The smallest absolute Gasteiger partial charge is 0.339 e. The molecule has 2 heterocycles. The number of pyridine rings is 1. The summed E-state index contributed by atoms with van der Waals surface area (Å²) < 4.78 is 4.64. The first kappa shape index (κ1) is 15.2. The van der Waals surface area contributed by atoms with Gasteiger partial charge in [0.1, 0.15) is 0 Å². The highest BCUT2D eigenvalue weighted by Crippen LogP contribution is 2.24. The van der Waals surface area contributed by atoms with Gasteiger partial charge < -0.3 is 10.1 Å². The summed E-state index contributed by atoms with van der Waals surface area (Å²) in [4.78, 5) is 27.4. The molecule has 1 saturated heterocycles. The third-order valence-corrected chi connectivity index (χ3v) is 5.55. The summed E-state index contributed by atoms with van der Waals surface area (Å²) in [5.74, 6) is 2.61. The fraction of sp³-hybridized carbons (Fsp3) is 0.462. The highest BCUT2D eigenvalue weighted by molar-refractivity contribution is 8.07. The maximum Gasteiger partial charge on any atom is 0.339 e. The molecule has 1 aliphatic heterocycles. The molecule has 0 saturated carbocycles. The van der Waals surface area contributed by atoms with Gasteiger partial charge in [-0.15, -0.1) is 11.8 Å². The highest BCUT2D eigenvalue weighted by atomic mass is 32.2. The lowest BCUT2D eigenvalue weighted by atomic mass is 10.2. The molecule has 7 heteroatoms. The average Bonchev–Trinajstić information content (AvgIpc) is 2.53. The number of ether oxygens (including phenoxy) is 1. The maximum atomic E-state index is 12.0. The monoisotopic (exact) mass is 312 g/mol. The summed E-state index contributed by atoms with van der Waals surface area (Å²) >= 11 is 3.50. The van der Waals surface area contributed by atoms with Crippen LogP contribution in [-0.4, -0.2) is 46.5 Å². The maximum absolute atomic E-state index is 12.0. The molecule has 0 aliphatic carbocycles. The summed E-state index contributed by atoms with van der Waals surface area (Å²) in [6.07, 6.45) is 3.08. The molecule has 108 valence electrons. The van der Waals surface area contributed by atoms with E-state index < -0.39 is 5.97 Å². The molecule has 0 bridgehead atoms. The van der Waals surface area contributed by atoms with Crippen LogP contribution in [0.25, 0.3) is 0 Å². The van der Waals surface area contributed by atoms with Crippen molar-refractivity contribution in [3.63, 3.8) is 0 Å². The Morgan fingerprint density at radius 2 is 2.30 bits per heavy atom. The molecule has 0 radical (unpaired) electrons. The third kappa shape index (κ3) is 4.14. The summed E-state index contributed by atoms with van der Waals surface area (Å²) in [5.41, 5.74) is 1.18. The molecule has 1 fully saturated rings. The van der Waals surface area contributed by atoms with Crippen molar-refractivity contribution in [1.29, 1.82) is 0 Å². The average molecular weight is 312 g/mol. The van der Waals surface area contributed by atoms with Crippen LogP contribution in [0.4, 0.5) is 0 Å². The number of carbonyl (C=O) groups is 2. The molecule has 5 nitrogen and oxygen atoms in total. The lowest BCUT2D eigenvalue weighted by Gasteiger charge is -2.20. The van der Waals surface area contributed by atoms with E-state index in [1.807, 2.05) is 11.8 Å². The molecular formula is C13H16N2O3S2. The van der Waals surface area contributed by atoms with Gasteiger partial charge in [0, 0.05) is 36.2 Å². The Morgan fingerprint density at radius 3 is 3.00 bits per heavy atom. The van der Waals surface area contributed by atoms with Crippen LogP contribution in [0.3, 0.4) is 0 Å². The molecule has 1 N–H and O–H groups in total. The molecule has 20 heavy (non-hydrogen) atoms. The van der Waals surface area contributed by atoms with Gasteiger partial charge >= 0.3 is 5.97 Å². The van der Waals surface area contributed by atoms with Gasteiger partial charge in [-0.25, -0.2) is 4.79 Å². The lowest BCUT2D eigenvalue weighted by molar-refractivity contribution is -0.120. The zero-order valence-electron chi connectivity index (χ0n) is 11.1. The van der Waals surface area contributed by atoms with Crippen LogP contribution in [0.15, 0.2) is 18.5 Å². The van der Waals surface area contributed by atoms with Gasteiger partial charge in [-0.05, 0) is 11.6 Å². The second kappa shape index (κ2) is 7.54. The number of amides is 1. The largest absolute Gasteiger partial charge is 0.465 e. The van der Waals surface area contributed by atoms with E-state index in [0.717, 1.165) is 22.8 Å². The van der Waals surface area contributed by atoms with E-state index in [4.69, 9.17) is 0 Å².